The van der Waals surface area contributed by atoms with Gasteiger partial charge in [0, 0.05) is 13.5 Å². The van der Waals surface area contributed by atoms with Crippen molar-refractivity contribution in [2.24, 2.45) is 0 Å². The molecule has 0 aromatic rings. The molecule has 0 rings (SSSR count). The summed E-state index contributed by atoms with van der Waals surface area (Å²) in [6.07, 6.45) is -1.91. The number of carboxylic acid groups (broad SMARTS) is 1. The first kappa shape index (κ1) is 16.6. The van der Waals surface area contributed by atoms with Crippen LogP contribution in [0.4, 0.5) is 13.6 Å². The highest BCUT2D eigenvalue weighted by Gasteiger charge is 2.37. The van der Waals surface area contributed by atoms with Gasteiger partial charge in [0.25, 0.3) is 0 Å². The zero-order chi connectivity index (χ0) is 14.7. The number of carbonyl (C=O) groups is 2. The third-order valence-corrected chi connectivity index (χ3v) is 1.99. The van der Waals surface area contributed by atoms with Gasteiger partial charge in [-0.1, -0.05) is 0 Å². The van der Waals surface area contributed by atoms with Crippen molar-refractivity contribution in [3.63, 3.8) is 0 Å². The van der Waals surface area contributed by atoms with E-state index in [2.05, 4.69) is 0 Å². The average Bonchev–Trinajstić information content (AvgIpc) is 2.08. The Kier molecular flexibility index (Phi) is 5.07. The van der Waals surface area contributed by atoms with Crippen LogP contribution in [0.2, 0.25) is 0 Å². The molecular formula is C11H19F2NO4. The molecule has 0 aromatic carbocycles. The van der Waals surface area contributed by atoms with E-state index < -0.39 is 36.0 Å². The van der Waals surface area contributed by atoms with Crippen molar-refractivity contribution in [2.45, 2.75) is 51.7 Å². The molecule has 0 saturated heterocycles. The van der Waals surface area contributed by atoms with Gasteiger partial charge in [0.2, 0.25) is 5.92 Å². The topological polar surface area (TPSA) is 66.8 Å². The zero-order valence-electron chi connectivity index (χ0n) is 11.2. The van der Waals surface area contributed by atoms with Crippen LogP contribution in [0.25, 0.3) is 0 Å². The molecule has 1 N–H and O–H groups in total. The first-order valence-corrected chi connectivity index (χ1v) is 5.40. The van der Waals surface area contributed by atoms with Crippen molar-refractivity contribution >= 4 is 12.1 Å². The van der Waals surface area contributed by atoms with E-state index in [1.807, 2.05) is 0 Å². The minimum atomic E-state index is -3.18. The standard InChI is InChI=1S/C11H19F2NO4/c1-10(2,3)18-9(17)14(5)7(8(15)16)6-11(4,12)13/h7H,6H2,1-5H3,(H,15,16)/t7-/m0/s1. The number of amides is 1. The van der Waals surface area contributed by atoms with Crippen LogP contribution in [-0.2, 0) is 9.53 Å². The molecule has 0 radical (unpaired) electrons. The van der Waals surface area contributed by atoms with Crippen molar-refractivity contribution in [1.29, 1.82) is 0 Å². The molecule has 0 unspecified atom stereocenters. The third kappa shape index (κ3) is 6.36. The maximum atomic E-state index is 12.9. The van der Waals surface area contributed by atoms with Crippen molar-refractivity contribution in [1.82, 2.24) is 4.90 Å². The average molecular weight is 267 g/mol. The van der Waals surface area contributed by atoms with Crippen LogP contribution in [0.1, 0.15) is 34.1 Å². The summed E-state index contributed by atoms with van der Waals surface area (Å²) >= 11 is 0. The van der Waals surface area contributed by atoms with Crippen LogP contribution in [0.15, 0.2) is 0 Å². The van der Waals surface area contributed by atoms with Gasteiger partial charge in [0.1, 0.15) is 11.6 Å². The third-order valence-electron chi connectivity index (χ3n) is 1.99. The Labute approximate surface area is 105 Å². The highest BCUT2D eigenvalue weighted by atomic mass is 19.3. The van der Waals surface area contributed by atoms with Gasteiger partial charge in [-0.2, -0.15) is 0 Å². The highest BCUT2D eigenvalue weighted by molar-refractivity contribution is 5.80. The number of hydrogen-bond donors (Lipinski definition) is 1. The van der Waals surface area contributed by atoms with Gasteiger partial charge < -0.3 is 9.84 Å². The fraction of sp³-hybridized carbons (Fsp3) is 0.818. The fourth-order valence-corrected chi connectivity index (χ4v) is 1.19. The van der Waals surface area contributed by atoms with Crippen LogP contribution in [-0.4, -0.2) is 46.7 Å². The lowest BCUT2D eigenvalue weighted by Gasteiger charge is -2.29. The maximum absolute atomic E-state index is 12.9. The Morgan fingerprint density at radius 1 is 1.28 bits per heavy atom. The van der Waals surface area contributed by atoms with Crippen molar-refractivity contribution in [3.8, 4) is 0 Å². The highest BCUT2D eigenvalue weighted by Crippen LogP contribution is 2.22. The van der Waals surface area contributed by atoms with Crippen molar-refractivity contribution < 1.29 is 28.2 Å². The number of hydrogen-bond acceptors (Lipinski definition) is 3. The normalized spacial score (nSPS) is 13.9. The number of likely N-dealkylation sites (N-methyl/N-ethyl adjacent to an activating group) is 1. The lowest BCUT2D eigenvalue weighted by Crippen LogP contribution is -2.47. The lowest BCUT2D eigenvalue weighted by atomic mass is 10.1. The van der Waals surface area contributed by atoms with E-state index in [0.29, 0.717) is 11.8 Å². The van der Waals surface area contributed by atoms with Crippen molar-refractivity contribution in [3.05, 3.63) is 0 Å². The minimum absolute atomic E-state index is 0.603. The van der Waals surface area contributed by atoms with E-state index in [1.54, 1.807) is 20.8 Å². The molecule has 106 valence electrons. The van der Waals surface area contributed by atoms with Gasteiger partial charge in [-0.3, -0.25) is 4.90 Å². The summed E-state index contributed by atoms with van der Waals surface area (Å²) in [6.45, 7) is 5.40. The second-order valence-corrected chi connectivity index (χ2v) is 5.22. The molecule has 0 aromatic heterocycles. The van der Waals surface area contributed by atoms with Gasteiger partial charge in [-0.05, 0) is 27.7 Å². The Hall–Kier alpha value is -1.40. The number of rotatable bonds is 4. The quantitative estimate of drug-likeness (QED) is 0.849. The van der Waals surface area contributed by atoms with Crippen molar-refractivity contribution in [2.75, 3.05) is 7.05 Å². The summed E-state index contributed by atoms with van der Waals surface area (Å²) in [4.78, 5) is 23.2. The zero-order valence-corrected chi connectivity index (χ0v) is 11.2. The number of ether oxygens (including phenoxy) is 1. The summed E-state index contributed by atoms with van der Waals surface area (Å²) in [5, 5.41) is 8.87. The molecule has 0 aliphatic rings. The van der Waals surface area contributed by atoms with E-state index >= 15 is 0 Å². The molecule has 5 nitrogen and oxygen atoms in total. The van der Waals surface area contributed by atoms with Gasteiger partial charge in [-0.15, -0.1) is 0 Å². The van der Waals surface area contributed by atoms with E-state index in [4.69, 9.17) is 9.84 Å². The Morgan fingerprint density at radius 2 is 1.72 bits per heavy atom. The maximum Gasteiger partial charge on any atom is 0.410 e. The number of nitrogens with zero attached hydrogens (tertiary/aromatic N) is 1. The number of carboxylic acids is 1. The number of aliphatic carboxylic acids is 1. The Morgan fingerprint density at radius 3 is 2.00 bits per heavy atom. The molecule has 0 heterocycles. The SMILES string of the molecule is CN(C(=O)OC(C)(C)C)[C@@H](CC(C)(F)F)C(=O)O. The first-order chi connectivity index (χ1) is 7.83. The lowest BCUT2D eigenvalue weighted by molar-refractivity contribution is -0.146. The largest absolute Gasteiger partial charge is 0.480 e. The van der Waals surface area contributed by atoms with E-state index in [0.717, 1.165) is 7.05 Å². The second-order valence-electron chi connectivity index (χ2n) is 5.22. The molecule has 7 heteroatoms. The summed E-state index contributed by atoms with van der Waals surface area (Å²) in [6, 6.07) is -1.63. The molecule has 0 bridgehead atoms. The fourth-order valence-electron chi connectivity index (χ4n) is 1.19. The molecule has 0 saturated carbocycles. The second kappa shape index (κ2) is 5.49. The minimum Gasteiger partial charge on any atom is -0.480 e. The van der Waals surface area contributed by atoms with Gasteiger partial charge in [-0.25, -0.2) is 18.4 Å². The Bertz CT molecular complexity index is 320. The van der Waals surface area contributed by atoms with Gasteiger partial charge in [0.05, 0.1) is 0 Å². The number of alkyl halides is 2. The van der Waals surface area contributed by atoms with Crippen LogP contribution < -0.4 is 0 Å². The molecule has 0 fully saturated rings. The van der Waals surface area contributed by atoms with Crippen LogP contribution in [0.5, 0.6) is 0 Å². The smallest absolute Gasteiger partial charge is 0.410 e. The summed E-state index contributed by atoms with van der Waals surface area (Å²) in [5.41, 5.74) is -0.816. The molecule has 0 spiro atoms. The van der Waals surface area contributed by atoms with Crippen LogP contribution >= 0.6 is 0 Å². The molecule has 0 aliphatic carbocycles. The van der Waals surface area contributed by atoms with Crippen LogP contribution in [0.3, 0.4) is 0 Å². The van der Waals surface area contributed by atoms with E-state index in [9.17, 15) is 18.4 Å². The van der Waals surface area contributed by atoms with E-state index in [1.165, 1.54) is 0 Å². The number of halogens is 2. The van der Waals surface area contributed by atoms with E-state index in [-0.39, 0.29) is 0 Å². The summed E-state index contributed by atoms with van der Waals surface area (Å²) < 4.78 is 30.6. The Balaban J connectivity index is 4.83. The molecular weight excluding hydrogens is 248 g/mol. The van der Waals surface area contributed by atoms with Gasteiger partial charge >= 0.3 is 12.1 Å². The predicted octanol–water partition coefficient (Wildman–Crippen LogP) is 2.35. The monoisotopic (exact) mass is 267 g/mol. The predicted molar refractivity (Wildman–Crippen MR) is 60.7 cm³/mol. The first-order valence-electron chi connectivity index (χ1n) is 5.40. The van der Waals surface area contributed by atoms with Gasteiger partial charge in [0.15, 0.2) is 0 Å². The molecule has 18 heavy (non-hydrogen) atoms. The molecule has 1 amide bonds. The summed E-state index contributed by atoms with van der Waals surface area (Å²) in [5.74, 6) is -4.68. The summed E-state index contributed by atoms with van der Waals surface area (Å²) in [7, 11) is 1.12. The number of carbonyl (C=O) groups excluding carboxylic acids is 1. The molecule has 0 aliphatic heterocycles. The van der Waals surface area contributed by atoms with Crippen LogP contribution in [0, 0.1) is 0 Å². The molecule has 1 atom stereocenters.